The number of thiazole rings is 1. The molecule has 9 nitrogen and oxygen atoms in total. The molecule has 1 aliphatic carbocycles. The Morgan fingerprint density at radius 3 is 2.83 bits per heavy atom. The Bertz CT molecular complexity index is 1210. The molecule has 0 amide bonds. The summed E-state index contributed by atoms with van der Waals surface area (Å²) in [6, 6.07) is 0.638. The maximum Gasteiger partial charge on any atom is 0.165 e. The highest BCUT2D eigenvalue weighted by Gasteiger charge is 2.40. The van der Waals surface area contributed by atoms with Gasteiger partial charge in [-0.1, -0.05) is 6.92 Å². The summed E-state index contributed by atoms with van der Waals surface area (Å²) in [5.74, 6) is 3.46. The summed E-state index contributed by atoms with van der Waals surface area (Å²) in [5, 5.41) is 19.0. The van der Waals surface area contributed by atoms with Gasteiger partial charge in [0.15, 0.2) is 17.5 Å². The highest BCUT2D eigenvalue weighted by atomic mass is 32.1. The first kappa shape index (κ1) is 17.7. The summed E-state index contributed by atoms with van der Waals surface area (Å²) < 4.78 is 2.11. The summed E-state index contributed by atoms with van der Waals surface area (Å²) >= 11 is 1.57. The van der Waals surface area contributed by atoms with Crippen molar-refractivity contribution in [3.63, 3.8) is 0 Å². The second kappa shape index (κ2) is 6.69. The lowest BCUT2D eigenvalue weighted by atomic mass is 9.89. The highest BCUT2D eigenvalue weighted by Crippen LogP contribution is 2.44. The quantitative estimate of drug-likeness (QED) is 0.538. The molecule has 0 aromatic carbocycles. The Morgan fingerprint density at radius 2 is 2.10 bits per heavy atom. The number of aromatic nitrogens is 8. The second-order valence-corrected chi connectivity index (χ2v) is 8.65. The molecule has 4 aromatic rings. The Hall–Kier alpha value is -3.14. The summed E-state index contributed by atoms with van der Waals surface area (Å²) in [7, 11) is 0. The number of hydrogen-bond donors (Lipinski definition) is 1. The van der Waals surface area contributed by atoms with Gasteiger partial charge in [-0.3, -0.25) is 9.67 Å². The topological polar surface area (TPSA) is 101 Å². The molecule has 1 unspecified atom stereocenters. The number of H-pyrrole nitrogens is 1. The van der Waals surface area contributed by atoms with Gasteiger partial charge in [0.2, 0.25) is 0 Å². The molecule has 2 aliphatic rings. The third kappa shape index (κ3) is 2.46. The van der Waals surface area contributed by atoms with E-state index in [9.17, 15) is 0 Å². The fourth-order valence-corrected chi connectivity index (χ4v) is 5.09. The molecule has 0 spiro atoms. The van der Waals surface area contributed by atoms with Crippen LogP contribution < -0.4 is 4.90 Å². The third-order valence-corrected chi connectivity index (χ3v) is 6.89. The lowest BCUT2D eigenvalue weighted by molar-refractivity contribution is 0.341. The molecule has 152 valence electrons. The van der Waals surface area contributed by atoms with E-state index in [1.54, 1.807) is 23.7 Å². The zero-order chi connectivity index (χ0) is 20.2. The van der Waals surface area contributed by atoms with Crippen molar-refractivity contribution in [3.05, 3.63) is 35.6 Å². The lowest BCUT2D eigenvalue weighted by Crippen LogP contribution is -2.46. The Kier molecular flexibility index (Phi) is 3.95. The number of hydrogen-bond acceptors (Lipinski definition) is 8. The molecule has 1 N–H and O–H groups in total. The van der Waals surface area contributed by atoms with E-state index < -0.39 is 0 Å². The Balaban J connectivity index is 1.54. The second-order valence-electron chi connectivity index (χ2n) is 7.76. The van der Waals surface area contributed by atoms with Crippen molar-refractivity contribution in [2.45, 2.75) is 51.6 Å². The van der Waals surface area contributed by atoms with Crippen LogP contribution in [0, 0.1) is 6.92 Å². The molecule has 1 fully saturated rings. The van der Waals surface area contributed by atoms with Crippen molar-refractivity contribution >= 4 is 17.2 Å². The van der Waals surface area contributed by atoms with Crippen LogP contribution in [0.1, 0.15) is 50.3 Å². The lowest BCUT2D eigenvalue weighted by Gasteiger charge is -2.45. The zero-order valence-corrected chi connectivity index (χ0v) is 17.6. The molecule has 0 bridgehead atoms. The fourth-order valence-electron chi connectivity index (χ4n) is 4.45. The number of aryl methyl sites for hydroxylation is 1. The molecule has 0 radical (unpaired) electrons. The largest absolute Gasteiger partial charge is 0.342 e. The SMILES string of the molecule is CCC1c2nnc(C)n2-c2cnc(-c3cn[nH]c3-c3nccs3)nc2N1C1CCC1. The van der Waals surface area contributed by atoms with Crippen molar-refractivity contribution in [2.24, 2.45) is 0 Å². The number of anilines is 1. The number of nitrogens with zero attached hydrogens (tertiary/aromatic N) is 8. The van der Waals surface area contributed by atoms with Crippen LogP contribution in [0.3, 0.4) is 0 Å². The first-order chi connectivity index (χ1) is 14.8. The van der Waals surface area contributed by atoms with E-state index in [1.807, 2.05) is 18.5 Å². The zero-order valence-electron chi connectivity index (χ0n) is 16.8. The molecule has 4 aromatic heterocycles. The van der Waals surface area contributed by atoms with Crippen LogP contribution in [0.2, 0.25) is 0 Å². The van der Waals surface area contributed by atoms with Gasteiger partial charge in [0.05, 0.1) is 24.0 Å². The number of rotatable bonds is 4. The molecule has 6 rings (SSSR count). The van der Waals surface area contributed by atoms with E-state index in [1.165, 1.54) is 19.3 Å². The van der Waals surface area contributed by atoms with Crippen LogP contribution in [-0.4, -0.2) is 46.0 Å². The maximum absolute atomic E-state index is 5.08. The molecular formula is C20H21N9S. The normalized spacial score (nSPS) is 18.2. The van der Waals surface area contributed by atoms with Gasteiger partial charge < -0.3 is 4.90 Å². The van der Waals surface area contributed by atoms with Gasteiger partial charge in [0.1, 0.15) is 22.2 Å². The maximum atomic E-state index is 5.08. The van der Waals surface area contributed by atoms with Gasteiger partial charge in [-0.05, 0) is 32.6 Å². The van der Waals surface area contributed by atoms with Gasteiger partial charge in [0, 0.05) is 17.6 Å². The average molecular weight is 420 g/mol. The molecule has 1 aliphatic heterocycles. The van der Waals surface area contributed by atoms with E-state index in [4.69, 9.17) is 9.97 Å². The third-order valence-electron chi connectivity index (χ3n) is 6.10. The van der Waals surface area contributed by atoms with E-state index in [0.29, 0.717) is 11.9 Å². The van der Waals surface area contributed by atoms with Crippen LogP contribution in [0.5, 0.6) is 0 Å². The van der Waals surface area contributed by atoms with Crippen molar-refractivity contribution < 1.29 is 0 Å². The molecule has 1 saturated carbocycles. The number of fused-ring (bicyclic) bond motifs is 3. The van der Waals surface area contributed by atoms with Gasteiger partial charge in [-0.15, -0.1) is 21.5 Å². The van der Waals surface area contributed by atoms with Gasteiger partial charge in [-0.25, -0.2) is 15.0 Å². The smallest absolute Gasteiger partial charge is 0.165 e. The predicted octanol–water partition coefficient (Wildman–Crippen LogP) is 3.70. The predicted molar refractivity (Wildman–Crippen MR) is 114 cm³/mol. The summed E-state index contributed by atoms with van der Waals surface area (Å²) in [4.78, 5) is 16.7. The van der Waals surface area contributed by atoms with Gasteiger partial charge >= 0.3 is 0 Å². The summed E-state index contributed by atoms with van der Waals surface area (Å²) in [5.41, 5.74) is 2.66. The minimum absolute atomic E-state index is 0.162. The van der Waals surface area contributed by atoms with E-state index in [2.05, 4.69) is 41.8 Å². The number of aromatic amines is 1. The molecule has 5 heterocycles. The van der Waals surface area contributed by atoms with Crippen molar-refractivity contribution in [2.75, 3.05) is 4.90 Å². The van der Waals surface area contributed by atoms with E-state index in [-0.39, 0.29) is 6.04 Å². The molecule has 10 heteroatoms. The average Bonchev–Trinajstić information content (AvgIpc) is 3.47. The molecule has 30 heavy (non-hydrogen) atoms. The van der Waals surface area contributed by atoms with Crippen molar-refractivity contribution in [1.29, 1.82) is 0 Å². The van der Waals surface area contributed by atoms with Crippen molar-refractivity contribution in [1.82, 2.24) is 39.9 Å². The molecule has 0 saturated heterocycles. The number of nitrogens with one attached hydrogen (secondary N) is 1. The first-order valence-corrected chi connectivity index (χ1v) is 11.2. The minimum Gasteiger partial charge on any atom is -0.342 e. The first-order valence-electron chi connectivity index (χ1n) is 10.3. The summed E-state index contributed by atoms with van der Waals surface area (Å²) in [6.07, 6.45) is 10.0. The highest BCUT2D eigenvalue weighted by molar-refractivity contribution is 7.13. The van der Waals surface area contributed by atoms with Crippen LogP contribution in [0.4, 0.5) is 5.82 Å². The Morgan fingerprint density at radius 1 is 1.20 bits per heavy atom. The van der Waals surface area contributed by atoms with E-state index >= 15 is 0 Å². The monoisotopic (exact) mass is 419 g/mol. The van der Waals surface area contributed by atoms with Crippen molar-refractivity contribution in [3.8, 4) is 27.8 Å². The minimum atomic E-state index is 0.162. The van der Waals surface area contributed by atoms with Gasteiger partial charge in [-0.2, -0.15) is 5.10 Å². The standard InChI is InChI=1S/C20H21N9S/c1-3-14-19-27-25-11(2)28(19)15-10-22-17(24-18(15)29(14)12-5-4-6-12)13-9-23-26-16(13)20-21-7-8-30-20/h7-10,12,14H,3-6H2,1-2H3,(H,23,26). The van der Waals surface area contributed by atoms with Crippen LogP contribution in [0.25, 0.3) is 27.8 Å². The van der Waals surface area contributed by atoms with Crippen LogP contribution in [-0.2, 0) is 0 Å². The van der Waals surface area contributed by atoms with Crippen LogP contribution in [0.15, 0.2) is 24.0 Å². The Labute approximate surface area is 177 Å². The van der Waals surface area contributed by atoms with E-state index in [0.717, 1.165) is 45.8 Å². The van der Waals surface area contributed by atoms with Gasteiger partial charge in [0.25, 0.3) is 0 Å². The molecular weight excluding hydrogens is 398 g/mol. The molecule has 1 atom stereocenters. The fraction of sp³-hybridized carbons (Fsp3) is 0.400. The summed E-state index contributed by atoms with van der Waals surface area (Å²) in [6.45, 7) is 4.19. The van der Waals surface area contributed by atoms with Crippen LogP contribution >= 0.6 is 11.3 Å².